The number of rotatable bonds is 5. The van der Waals surface area contributed by atoms with Crippen LogP contribution in [0.2, 0.25) is 0 Å². The standard InChI is InChI=1S/C14H15N3OS/c1-11-5-6-12(16-10-11)17-13(18)7-9-19-14-4-2-3-8-15-14/h2-6,8,10H,7,9H2,1H3,(H,16,17,18). The highest BCUT2D eigenvalue weighted by Gasteiger charge is 2.03. The lowest BCUT2D eigenvalue weighted by molar-refractivity contribution is -0.115. The Morgan fingerprint density at radius 1 is 1.26 bits per heavy atom. The maximum Gasteiger partial charge on any atom is 0.226 e. The van der Waals surface area contributed by atoms with Gasteiger partial charge in [-0.3, -0.25) is 4.79 Å². The van der Waals surface area contributed by atoms with Gasteiger partial charge in [0.15, 0.2) is 0 Å². The maximum absolute atomic E-state index is 11.7. The number of nitrogens with one attached hydrogen (secondary N) is 1. The van der Waals surface area contributed by atoms with E-state index >= 15 is 0 Å². The molecule has 5 heteroatoms. The summed E-state index contributed by atoms with van der Waals surface area (Å²) in [4.78, 5) is 20.0. The highest BCUT2D eigenvalue weighted by Crippen LogP contribution is 2.15. The predicted molar refractivity (Wildman–Crippen MR) is 77.2 cm³/mol. The molecule has 2 aromatic rings. The molecule has 2 heterocycles. The van der Waals surface area contributed by atoms with Crippen molar-refractivity contribution in [3.05, 3.63) is 48.3 Å². The number of amides is 1. The van der Waals surface area contributed by atoms with Crippen molar-refractivity contribution < 1.29 is 4.79 Å². The number of aromatic nitrogens is 2. The Bertz CT molecular complexity index is 528. The van der Waals surface area contributed by atoms with Crippen molar-refractivity contribution in [1.82, 2.24) is 9.97 Å². The smallest absolute Gasteiger partial charge is 0.226 e. The monoisotopic (exact) mass is 273 g/mol. The van der Waals surface area contributed by atoms with Gasteiger partial charge < -0.3 is 5.32 Å². The van der Waals surface area contributed by atoms with E-state index in [4.69, 9.17) is 0 Å². The Morgan fingerprint density at radius 3 is 2.84 bits per heavy atom. The molecule has 2 rings (SSSR count). The molecule has 0 aliphatic carbocycles. The lowest BCUT2D eigenvalue weighted by Crippen LogP contribution is -2.13. The molecule has 0 saturated heterocycles. The van der Waals surface area contributed by atoms with Crippen LogP contribution in [0.5, 0.6) is 0 Å². The van der Waals surface area contributed by atoms with Gasteiger partial charge in [0.2, 0.25) is 5.91 Å². The normalized spacial score (nSPS) is 10.2. The summed E-state index contributed by atoms with van der Waals surface area (Å²) in [5.74, 6) is 1.27. The molecule has 0 atom stereocenters. The molecule has 0 radical (unpaired) electrons. The third kappa shape index (κ3) is 4.71. The molecule has 0 bridgehead atoms. The summed E-state index contributed by atoms with van der Waals surface area (Å²) < 4.78 is 0. The zero-order chi connectivity index (χ0) is 13.5. The van der Waals surface area contributed by atoms with Crippen LogP contribution in [-0.4, -0.2) is 21.6 Å². The molecule has 4 nitrogen and oxygen atoms in total. The molecule has 19 heavy (non-hydrogen) atoms. The van der Waals surface area contributed by atoms with Crippen LogP contribution in [0.1, 0.15) is 12.0 Å². The SMILES string of the molecule is Cc1ccc(NC(=O)CCSc2ccccn2)nc1. The molecule has 1 N–H and O–H groups in total. The van der Waals surface area contributed by atoms with Gasteiger partial charge in [-0.25, -0.2) is 9.97 Å². The van der Waals surface area contributed by atoms with Gasteiger partial charge >= 0.3 is 0 Å². The lowest BCUT2D eigenvalue weighted by Gasteiger charge is -2.04. The highest BCUT2D eigenvalue weighted by molar-refractivity contribution is 7.99. The average molecular weight is 273 g/mol. The number of carbonyl (C=O) groups is 1. The fraction of sp³-hybridized carbons (Fsp3) is 0.214. The number of nitrogens with zero attached hydrogens (tertiary/aromatic N) is 2. The van der Waals surface area contributed by atoms with Crippen LogP contribution in [0.15, 0.2) is 47.8 Å². The molecule has 0 aromatic carbocycles. The van der Waals surface area contributed by atoms with Crippen molar-refractivity contribution in [2.45, 2.75) is 18.4 Å². The third-order valence-corrected chi connectivity index (χ3v) is 3.34. The quantitative estimate of drug-likeness (QED) is 0.851. The van der Waals surface area contributed by atoms with Gasteiger partial charge in [-0.05, 0) is 30.7 Å². The summed E-state index contributed by atoms with van der Waals surface area (Å²) >= 11 is 1.57. The Balaban J connectivity index is 1.74. The minimum atomic E-state index is -0.0280. The molecule has 0 aliphatic rings. The fourth-order valence-electron chi connectivity index (χ4n) is 1.43. The Labute approximate surface area is 116 Å². The highest BCUT2D eigenvalue weighted by atomic mass is 32.2. The molecule has 0 saturated carbocycles. The number of anilines is 1. The van der Waals surface area contributed by atoms with E-state index in [2.05, 4.69) is 15.3 Å². The van der Waals surface area contributed by atoms with E-state index in [0.717, 1.165) is 10.6 Å². The molecule has 0 fully saturated rings. The number of aryl methyl sites for hydroxylation is 1. The molecule has 2 aromatic heterocycles. The van der Waals surface area contributed by atoms with E-state index in [1.165, 1.54) is 0 Å². The van der Waals surface area contributed by atoms with Crippen LogP contribution in [0.3, 0.4) is 0 Å². The van der Waals surface area contributed by atoms with Crippen LogP contribution in [0, 0.1) is 6.92 Å². The zero-order valence-corrected chi connectivity index (χ0v) is 11.5. The van der Waals surface area contributed by atoms with E-state index in [1.54, 1.807) is 30.2 Å². The first kappa shape index (κ1) is 13.5. The van der Waals surface area contributed by atoms with Crippen LogP contribution in [0.4, 0.5) is 5.82 Å². The largest absolute Gasteiger partial charge is 0.311 e. The number of pyridine rings is 2. The van der Waals surface area contributed by atoms with Gasteiger partial charge in [-0.1, -0.05) is 12.1 Å². The number of hydrogen-bond acceptors (Lipinski definition) is 4. The van der Waals surface area contributed by atoms with Crippen LogP contribution in [-0.2, 0) is 4.79 Å². The van der Waals surface area contributed by atoms with Gasteiger partial charge in [-0.15, -0.1) is 11.8 Å². The summed E-state index contributed by atoms with van der Waals surface area (Å²) in [6.07, 6.45) is 3.92. The van der Waals surface area contributed by atoms with Crippen molar-refractivity contribution in [1.29, 1.82) is 0 Å². The van der Waals surface area contributed by atoms with Crippen LogP contribution >= 0.6 is 11.8 Å². The van der Waals surface area contributed by atoms with Gasteiger partial charge in [0.05, 0.1) is 5.03 Å². The Kier molecular flexibility index (Phi) is 4.92. The summed E-state index contributed by atoms with van der Waals surface area (Å²) in [7, 11) is 0. The van der Waals surface area contributed by atoms with Gasteiger partial charge in [0.25, 0.3) is 0 Å². The molecule has 1 amide bonds. The van der Waals surface area contributed by atoms with Crippen molar-refractivity contribution in [2.24, 2.45) is 0 Å². The Hall–Kier alpha value is -1.88. The minimum Gasteiger partial charge on any atom is -0.311 e. The van der Waals surface area contributed by atoms with E-state index in [-0.39, 0.29) is 5.91 Å². The first-order valence-electron chi connectivity index (χ1n) is 6.00. The van der Waals surface area contributed by atoms with Crippen molar-refractivity contribution in [2.75, 3.05) is 11.1 Å². The summed E-state index contributed by atoms with van der Waals surface area (Å²) in [5, 5.41) is 3.71. The van der Waals surface area contributed by atoms with E-state index in [9.17, 15) is 4.79 Å². The average Bonchev–Trinajstić information content (AvgIpc) is 2.43. The number of thioether (sulfide) groups is 1. The van der Waals surface area contributed by atoms with E-state index < -0.39 is 0 Å². The molecule has 0 unspecified atom stereocenters. The maximum atomic E-state index is 11.7. The summed E-state index contributed by atoms with van der Waals surface area (Å²) in [6.45, 7) is 1.96. The lowest BCUT2D eigenvalue weighted by atomic mass is 10.3. The Morgan fingerprint density at radius 2 is 2.16 bits per heavy atom. The zero-order valence-electron chi connectivity index (χ0n) is 10.7. The second-order valence-corrected chi connectivity index (χ2v) is 5.15. The molecule has 0 aliphatic heterocycles. The van der Waals surface area contributed by atoms with Gasteiger partial charge in [0, 0.05) is 24.6 Å². The van der Waals surface area contributed by atoms with Gasteiger partial charge in [-0.2, -0.15) is 0 Å². The predicted octanol–water partition coefficient (Wildman–Crippen LogP) is 2.91. The third-order valence-electron chi connectivity index (χ3n) is 2.40. The molecular weight excluding hydrogens is 258 g/mol. The summed E-state index contributed by atoms with van der Waals surface area (Å²) in [6, 6.07) is 9.47. The first-order chi connectivity index (χ1) is 9.24. The fourth-order valence-corrected chi connectivity index (χ4v) is 2.23. The van der Waals surface area contributed by atoms with Crippen molar-refractivity contribution in [3.8, 4) is 0 Å². The van der Waals surface area contributed by atoms with Crippen LogP contribution < -0.4 is 5.32 Å². The second-order valence-electron chi connectivity index (χ2n) is 4.04. The summed E-state index contributed by atoms with van der Waals surface area (Å²) in [5.41, 5.74) is 1.07. The van der Waals surface area contributed by atoms with E-state index in [1.807, 2.05) is 31.2 Å². The van der Waals surface area contributed by atoms with E-state index in [0.29, 0.717) is 18.0 Å². The first-order valence-corrected chi connectivity index (χ1v) is 6.99. The molecule has 0 spiro atoms. The second kappa shape index (κ2) is 6.89. The van der Waals surface area contributed by atoms with Crippen molar-refractivity contribution >= 4 is 23.5 Å². The van der Waals surface area contributed by atoms with Gasteiger partial charge in [0.1, 0.15) is 5.82 Å². The number of carbonyl (C=O) groups excluding carboxylic acids is 1. The topological polar surface area (TPSA) is 54.9 Å². The molecular formula is C14H15N3OS. The minimum absolute atomic E-state index is 0.0280. The number of hydrogen-bond donors (Lipinski definition) is 1. The molecule has 98 valence electrons. The van der Waals surface area contributed by atoms with Crippen molar-refractivity contribution in [3.63, 3.8) is 0 Å². The van der Waals surface area contributed by atoms with Crippen LogP contribution in [0.25, 0.3) is 0 Å².